The van der Waals surface area contributed by atoms with Gasteiger partial charge in [-0.1, -0.05) is 12.1 Å². The molecule has 1 atom stereocenters. The Morgan fingerprint density at radius 2 is 1.92 bits per heavy atom. The largest absolute Gasteiger partial charge is 0.444 e. The predicted octanol–water partition coefficient (Wildman–Crippen LogP) is 2.95. The molecule has 1 saturated heterocycles. The molecule has 1 aromatic carbocycles. The summed E-state index contributed by atoms with van der Waals surface area (Å²) in [6, 6.07) is 5.01. The van der Waals surface area contributed by atoms with Crippen LogP contribution in [0.5, 0.6) is 0 Å². The van der Waals surface area contributed by atoms with Crippen LogP contribution in [0.25, 0.3) is 11.0 Å². The maximum Gasteiger partial charge on any atom is 0.410 e. The molecule has 0 bridgehead atoms. The SMILES string of the molecule is CNC(=O)CCC(C=O)n1c(=O)n(C)c2c(CCCOC3CCN(C(=O)OC(C)(C)C)CC3)cccc21. The number of nitrogens with one attached hydrogen (secondary N) is 1. The van der Waals surface area contributed by atoms with Gasteiger partial charge in [0.25, 0.3) is 0 Å². The van der Waals surface area contributed by atoms with Gasteiger partial charge in [0.05, 0.1) is 23.2 Å². The van der Waals surface area contributed by atoms with Gasteiger partial charge in [-0.2, -0.15) is 0 Å². The number of benzene rings is 1. The first-order valence-electron chi connectivity index (χ1n) is 13.0. The fraction of sp³-hybridized carbons (Fsp3) is 0.630. The number of piperidine rings is 1. The lowest BCUT2D eigenvalue weighted by Crippen LogP contribution is -2.43. The molecule has 3 rings (SSSR count). The van der Waals surface area contributed by atoms with Crippen molar-refractivity contribution in [2.24, 2.45) is 7.05 Å². The first kappa shape index (κ1) is 28.4. The van der Waals surface area contributed by atoms with Gasteiger partial charge in [0.2, 0.25) is 5.91 Å². The summed E-state index contributed by atoms with van der Waals surface area (Å²) in [5.41, 5.74) is 1.72. The number of ether oxygens (including phenoxy) is 2. The van der Waals surface area contributed by atoms with Gasteiger partial charge in [0.1, 0.15) is 11.9 Å². The number of aryl methyl sites for hydroxylation is 2. The van der Waals surface area contributed by atoms with E-state index >= 15 is 0 Å². The first-order chi connectivity index (χ1) is 17.6. The number of amides is 2. The van der Waals surface area contributed by atoms with E-state index in [2.05, 4.69) is 5.32 Å². The second-order valence-corrected chi connectivity index (χ2v) is 10.6. The minimum absolute atomic E-state index is 0.105. The molecule has 1 unspecified atom stereocenters. The van der Waals surface area contributed by atoms with Crippen LogP contribution < -0.4 is 11.0 Å². The van der Waals surface area contributed by atoms with Crippen LogP contribution in [0.1, 0.15) is 64.5 Å². The molecule has 0 spiro atoms. The molecule has 2 heterocycles. The second-order valence-electron chi connectivity index (χ2n) is 10.6. The lowest BCUT2D eigenvalue weighted by molar-refractivity contribution is -0.121. The van der Waals surface area contributed by atoms with Crippen molar-refractivity contribution in [3.8, 4) is 0 Å². The molecule has 204 valence electrons. The monoisotopic (exact) mass is 516 g/mol. The third-order valence-electron chi connectivity index (χ3n) is 6.66. The standard InChI is InChI=1S/C27H40N4O6/c1-27(2,3)37-26(35)30-15-13-21(14-16-30)36-17-7-9-19-8-6-10-22-24(19)29(5)25(34)31(22)20(18-32)11-12-23(33)28-4/h6,8,10,18,20-21H,7,9,11-17H2,1-5H3,(H,28,33). The average Bonchev–Trinajstić information content (AvgIpc) is 3.12. The summed E-state index contributed by atoms with van der Waals surface area (Å²) in [5, 5.41) is 2.55. The van der Waals surface area contributed by atoms with Crippen LogP contribution in [-0.2, 0) is 32.5 Å². The summed E-state index contributed by atoms with van der Waals surface area (Å²) < 4.78 is 14.6. The molecule has 0 aliphatic carbocycles. The molecule has 1 N–H and O–H groups in total. The van der Waals surface area contributed by atoms with Gasteiger partial charge in [-0.3, -0.25) is 13.9 Å². The molecule has 0 radical (unpaired) electrons. The van der Waals surface area contributed by atoms with E-state index in [0.29, 0.717) is 25.2 Å². The Labute approximate surface area is 217 Å². The maximum absolute atomic E-state index is 13.0. The van der Waals surface area contributed by atoms with Gasteiger partial charge in [0, 0.05) is 40.2 Å². The molecule has 10 heteroatoms. The molecular formula is C27H40N4O6. The molecule has 10 nitrogen and oxygen atoms in total. The number of aldehydes is 1. The summed E-state index contributed by atoms with van der Waals surface area (Å²) in [5.74, 6) is -0.170. The lowest BCUT2D eigenvalue weighted by Gasteiger charge is -2.33. The smallest absolute Gasteiger partial charge is 0.410 e. The van der Waals surface area contributed by atoms with E-state index in [1.807, 2.05) is 39.0 Å². The Morgan fingerprint density at radius 3 is 2.54 bits per heavy atom. The van der Waals surface area contributed by atoms with Gasteiger partial charge in [-0.05, 0) is 64.5 Å². The van der Waals surface area contributed by atoms with Crippen LogP contribution in [0.4, 0.5) is 4.79 Å². The second kappa shape index (κ2) is 12.4. The predicted molar refractivity (Wildman–Crippen MR) is 141 cm³/mol. The fourth-order valence-electron chi connectivity index (χ4n) is 4.75. The summed E-state index contributed by atoms with van der Waals surface area (Å²) in [6.07, 6.45) is 4.02. The van der Waals surface area contributed by atoms with E-state index in [9.17, 15) is 19.2 Å². The van der Waals surface area contributed by atoms with Gasteiger partial charge in [-0.25, -0.2) is 9.59 Å². The Hall–Kier alpha value is -3.14. The van der Waals surface area contributed by atoms with Crippen LogP contribution in [0, 0.1) is 0 Å². The summed E-state index contributed by atoms with van der Waals surface area (Å²) in [6.45, 7) is 7.40. The zero-order valence-electron chi connectivity index (χ0n) is 22.6. The van der Waals surface area contributed by atoms with Crippen LogP contribution in [-0.4, -0.2) is 70.8 Å². The van der Waals surface area contributed by atoms with Crippen molar-refractivity contribution in [1.29, 1.82) is 0 Å². The van der Waals surface area contributed by atoms with Crippen molar-refractivity contribution >= 4 is 29.3 Å². The zero-order valence-corrected chi connectivity index (χ0v) is 22.6. The van der Waals surface area contributed by atoms with Crippen LogP contribution in [0.3, 0.4) is 0 Å². The number of carbonyl (C=O) groups is 3. The van der Waals surface area contributed by atoms with Gasteiger partial charge in [0.15, 0.2) is 0 Å². The summed E-state index contributed by atoms with van der Waals surface area (Å²) in [7, 11) is 3.26. The van der Waals surface area contributed by atoms with Crippen LogP contribution >= 0.6 is 0 Å². The van der Waals surface area contributed by atoms with Crippen molar-refractivity contribution in [3.05, 3.63) is 34.2 Å². The average molecular weight is 517 g/mol. The number of hydrogen-bond donors (Lipinski definition) is 1. The van der Waals surface area contributed by atoms with Crippen molar-refractivity contribution in [1.82, 2.24) is 19.4 Å². The molecule has 2 amide bonds. The van der Waals surface area contributed by atoms with E-state index in [1.54, 1.807) is 23.6 Å². The Kier molecular flexibility index (Phi) is 9.53. The number of para-hydroxylation sites is 1. The quantitative estimate of drug-likeness (QED) is 0.384. The number of hydrogen-bond acceptors (Lipinski definition) is 6. The van der Waals surface area contributed by atoms with Gasteiger partial charge >= 0.3 is 11.8 Å². The van der Waals surface area contributed by atoms with Crippen LogP contribution in [0.15, 0.2) is 23.0 Å². The summed E-state index contributed by atoms with van der Waals surface area (Å²) >= 11 is 0. The first-order valence-corrected chi connectivity index (χ1v) is 13.0. The lowest BCUT2D eigenvalue weighted by atomic mass is 10.1. The number of nitrogens with zero attached hydrogens (tertiary/aromatic N) is 3. The highest BCUT2D eigenvalue weighted by molar-refractivity contribution is 5.81. The Bertz CT molecular complexity index is 1150. The maximum atomic E-state index is 13.0. The number of aromatic nitrogens is 2. The van der Waals surface area contributed by atoms with E-state index < -0.39 is 11.6 Å². The van der Waals surface area contributed by atoms with Crippen molar-refractivity contribution < 1.29 is 23.9 Å². The topological polar surface area (TPSA) is 112 Å². The minimum Gasteiger partial charge on any atom is -0.444 e. The number of likely N-dealkylation sites (tertiary alicyclic amines) is 1. The van der Waals surface area contributed by atoms with Crippen LogP contribution in [0.2, 0.25) is 0 Å². The molecule has 1 fully saturated rings. The molecular weight excluding hydrogens is 476 g/mol. The fourth-order valence-corrected chi connectivity index (χ4v) is 4.75. The van der Waals surface area contributed by atoms with E-state index in [4.69, 9.17) is 9.47 Å². The number of rotatable bonds is 10. The van der Waals surface area contributed by atoms with Crippen molar-refractivity contribution in [2.75, 3.05) is 26.7 Å². The molecule has 37 heavy (non-hydrogen) atoms. The highest BCUT2D eigenvalue weighted by atomic mass is 16.6. The number of fused-ring (bicyclic) bond motifs is 1. The highest BCUT2D eigenvalue weighted by Crippen LogP contribution is 2.24. The summed E-state index contributed by atoms with van der Waals surface area (Å²) in [4.78, 5) is 50.5. The number of carbonyl (C=O) groups excluding carboxylic acids is 3. The van der Waals surface area contributed by atoms with Gasteiger partial charge in [-0.15, -0.1) is 0 Å². The molecule has 2 aromatic rings. The van der Waals surface area contributed by atoms with Crippen molar-refractivity contribution in [2.45, 2.75) is 77.0 Å². The highest BCUT2D eigenvalue weighted by Gasteiger charge is 2.27. The van der Waals surface area contributed by atoms with Gasteiger partial charge < -0.3 is 24.5 Å². The Balaban J connectivity index is 1.58. The van der Waals surface area contributed by atoms with E-state index in [0.717, 1.165) is 43.0 Å². The third-order valence-corrected chi connectivity index (χ3v) is 6.66. The number of imidazole rings is 1. The van der Waals surface area contributed by atoms with E-state index in [1.165, 1.54) is 4.57 Å². The molecule has 0 saturated carbocycles. The van der Waals surface area contributed by atoms with E-state index in [-0.39, 0.29) is 36.6 Å². The minimum atomic E-state index is -0.710. The third kappa shape index (κ3) is 7.21. The van der Waals surface area contributed by atoms with Crippen molar-refractivity contribution in [3.63, 3.8) is 0 Å². The molecule has 1 aromatic heterocycles. The normalized spacial score (nSPS) is 15.5. The Morgan fingerprint density at radius 1 is 1.22 bits per heavy atom. The molecule has 1 aliphatic heterocycles. The molecule has 1 aliphatic rings. The zero-order chi connectivity index (χ0) is 27.2.